The van der Waals surface area contributed by atoms with Gasteiger partial charge >= 0.3 is 0 Å². The summed E-state index contributed by atoms with van der Waals surface area (Å²) < 4.78 is 11.3. The molecule has 1 aliphatic heterocycles. The van der Waals surface area contributed by atoms with Crippen LogP contribution in [0.4, 0.5) is 0 Å². The molecule has 2 aromatic rings. The molecule has 0 bridgehead atoms. The summed E-state index contributed by atoms with van der Waals surface area (Å²) in [5, 5.41) is 0. The summed E-state index contributed by atoms with van der Waals surface area (Å²) in [6.07, 6.45) is 8.08. The second-order valence-corrected chi connectivity index (χ2v) is 6.27. The number of aryl methyl sites for hydroxylation is 1. The van der Waals surface area contributed by atoms with Crippen molar-refractivity contribution in [2.75, 3.05) is 20.3 Å². The van der Waals surface area contributed by atoms with Crippen LogP contribution in [0.15, 0.2) is 43.0 Å². The van der Waals surface area contributed by atoms with E-state index in [-0.39, 0.29) is 18.1 Å². The lowest BCUT2D eigenvalue weighted by Gasteiger charge is -2.24. The maximum atomic E-state index is 12.8. The molecule has 132 valence electrons. The van der Waals surface area contributed by atoms with Crippen molar-refractivity contribution >= 4 is 5.91 Å². The van der Waals surface area contributed by atoms with E-state index in [4.69, 9.17) is 9.47 Å². The van der Waals surface area contributed by atoms with Crippen molar-refractivity contribution in [1.82, 2.24) is 14.9 Å². The molecule has 0 aliphatic carbocycles. The number of amides is 1. The number of carbonyl (C=O) groups is 1. The molecule has 3 heterocycles. The summed E-state index contributed by atoms with van der Waals surface area (Å²) in [4.78, 5) is 22.8. The number of aromatic nitrogens is 2. The van der Waals surface area contributed by atoms with Crippen LogP contribution in [0.1, 0.15) is 17.5 Å². The van der Waals surface area contributed by atoms with Gasteiger partial charge in [0.1, 0.15) is 12.4 Å². The van der Waals surface area contributed by atoms with Gasteiger partial charge in [-0.2, -0.15) is 0 Å². The predicted molar refractivity (Wildman–Crippen MR) is 93.3 cm³/mol. The molecule has 2 atom stereocenters. The van der Waals surface area contributed by atoms with Crippen molar-refractivity contribution in [3.05, 3.63) is 54.1 Å². The number of carbonyl (C=O) groups excluding carboxylic acids is 1. The van der Waals surface area contributed by atoms with Crippen LogP contribution in [0.5, 0.6) is 5.75 Å². The lowest BCUT2D eigenvalue weighted by molar-refractivity contribution is -0.132. The maximum Gasteiger partial charge on any atom is 0.227 e. The standard InChI is InChI=1S/C19H23N3O3/c1-14-10-21-7-5-15(14)8-19(23)22-12-18(24-2)9-16(22)13-25-17-4-3-6-20-11-17/h3-7,10-11,16,18H,8-9,12-13H2,1-2H3/t16-,18+/m0/s1. The fourth-order valence-electron chi connectivity index (χ4n) is 3.10. The first-order valence-corrected chi connectivity index (χ1v) is 8.42. The highest BCUT2D eigenvalue weighted by atomic mass is 16.5. The fourth-order valence-corrected chi connectivity index (χ4v) is 3.10. The molecule has 25 heavy (non-hydrogen) atoms. The summed E-state index contributed by atoms with van der Waals surface area (Å²) in [7, 11) is 1.69. The Balaban J connectivity index is 1.66. The third-order valence-electron chi connectivity index (χ3n) is 4.58. The molecule has 1 fully saturated rings. The van der Waals surface area contributed by atoms with E-state index < -0.39 is 0 Å². The Bertz CT molecular complexity index is 708. The molecular formula is C19H23N3O3. The monoisotopic (exact) mass is 341 g/mol. The van der Waals surface area contributed by atoms with E-state index in [1.165, 1.54) is 0 Å². The van der Waals surface area contributed by atoms with Crippen molar-refractivity contribution in [3.63, 3.8) is 0 Å². The van der Waals surface area contributed by atoms with Crippen molar-refractivity contribution in [3.8, 4) is 5.75 Å². The molecule has 1 saturated heterocycles. The first kappa shape index (κ1) is 17.4. The van der Waals surface area contributed by atoms with Crippen LogP contribution in [0.3, 0.4) is 0 Å². The Kier molecular flexibility index (Phi) is 5.60. The number of rotatable bonds is 6. The van der Waals surface area contributed by atoms with Gasteiger partial charge in [0.05, 0.1) is 24.8 Å². The molecule has 6 nitrogen and oxygen atoms in total. The van der Waals surface area contributed by atoms with Gasteiger partial charge in [-0.3, -0.25) is 14.8 Å². The average Bonchev–Trinajstić information content (AvgIpc) is 3.06. The number of pyridine rings is 2. The lowest BCUT2D eigenvalue weighted by Crippen LogP contribution is -2.40. The van der Waals surface area contributed by atoms with Gasteiger partial charge in [-0.1, -0.05) is 0 Å². The number of likely N-dealkylation sites (tertiary alicyclic amines) is 1. The van der Waals surface area contributed by atoms with E-state index in [9.17, 15) is 4.79 Å². The quantitative estimate of drug-likeness (QED) is 0.804. The number of methoxy groups -OCH3 is 1. The third-order valence-corrected chi connectivity index (χ3v) is 4.58. The van der Waals surface area contributed by atoms with E-state index in [1.807, 2.05) is 30.0 Å². The Morgan fingerprint density at radius 3 is 2.84 bits per heavy atom. The Morgan fingerprint density at radius 2 is 2.12 bits per heavy atom. The van der Waals surface area contributed by atoms with Gasteiger partial charge in [-0.25, -0.2) is 0 Å². The van der Waals surface area contributed by atoms with Crippen LogP contribution < -0.4 is 4.74 Å². The molecule has 0 radical (unpaired) electrons. The van der Waals surface area contributed by atoms with Gasteiger partial charge in [0, 0.05) is 32.2 Å². The first-order chi connectivity index (χ1) is 12.2. The lowest BCUT2D eigenvalue weighted by atomic mass is 10.1. The van der Waals surface area contributed by atoms with E-state index in [0.29, 0.717) is 25.3 Å². The van der Waals surface area contributed by atoms with Crippen LogP contribution in [0, 0.1) is 6.92 Å². The van der Waals surface area contributed by atoms with E-state index >= 15 is 0 Å². The molecule has 1 aliphatic rings. The molecule has 1 amide bonds. The Morgan fingerprint density at radius 1 is 1.28 bits per heavy atom. The van der Waals surface area contributed by atoms with Gasteiger partial charge < -0.3 is 14.4 Å². The molecule has 0 unspecified atom stereocenters. The zero-order valence-corrected chi connectivity index (χ0v) is 14.6. The van der Waals surface area contributed by atoms with Crippen molar-refractivity contribution in [2.24, 2.45) is 0 Å². The minimum Gasteiger partial charge on any atom is -0.490 e. The second kappa shape index (κ2) is 8.07. The Labute approximate surface area is 147 Å². The first-order valence-electron chi connectivity index (χ1n) is 8.42. The highest BCUT2D eigenvalue weighted by Gasteiger charge is 2.35. The summed E-state index contributed by atoms with van der Waals surface area (Å²) in [5.41, 5.74) is 2.04. The molecule has 0 aromatic carbocycles. The number of ether oxygens (including phenoxy) is 2. The van der Waals surface area contributed by atoms with Gasteiger partial charge in [-0.05, 0) is 42.7 Å². The number of hydrogen-bond acceptors (Lipinski definition) is 5. The summed E-state index contributed by atoms with van der Waals surface area (Å²) in [5.74, 6) is 0.800. The normalized spacial score (nSPS) is 19.8. The third kappa shape index (κ3) is 4.33. The topological polar surface area (TPSA) is 64.6 Å². The highest BCUT2D eigenvalue weighted by molar-refractivity contribution is 5.79. The van der Waals surface area contributed by atoms with E-state index in [2.05, 4.69) is 9.97 Å². The fraction of sp³-hybridized carbons (Fsp3) is 0.421. The van der Waals surface area contributed by atoms with Crippen LogP contribution in [-0.2, 0) is 16.0 Å². The molecule has 0 N–H and O–H groups in total. The molecule has 6 heteroatoms. The van der Waals surface area contributed by atoms with Crippen molar-refractivity contribution < 1.29 is 14.3 Å². The number of hydrogen-bond donors (Lipinski definition) is 0. The van der Waals surface area contributed by atoms with Gasteiger partial charge in [0.25, 0.3) is 0 Å². The minimum atomic E-state index is -0.000186. The second-order valence-electron chi connectivity index (χ2n) is 6.27. The van der Waals surface area contributed by atoms with Gasteiger partial charge in [0.15, 0.2) is 0 Å². The van der Waals surface area contributed by atoms with Crippen LogP contribution in [0.2, 0.25) is 0 Å². The van der Waals surface area contributed by atoms with Crippen molar-refractivity contribution in [2.45, 2.75) is 31.9 Å². The SMILES string of the molecule is CO[C@@H]1C[C@@H](COc2cccnc2)N(C(=O)Cc2ccncc2C)C1. The zero-order chi connectivity index (χ0) is 17.6. The predicted octanol–water partition coefficient (Wildman–Crippen LogP) is 2.02. The smallest absolute Gasteiger partial charge is 0.227 e. The highest BCUT2D eigenvalue weighted by Crippen LogP contribution is 2.23. The van der Waals surface area contributed by atoms with Crippen LogP contribution in [-0.4, -0.2) is 53.2 Å². The van der Waals surface area contributed by atoms with Gasteiger partial charge in [-0.15, -0.1) is 0 Å². The average molecular weight is 341 g/mol. The zero-order valence-electron chi connectivity index (χ0n) is 14.6. The Hall–Kier alpha value is -2.47. The summed E-state index contributed by atoms with van der Waals surface area (Å²) >= 11 is 0. The van der Waals surface area contributed by atoms with Crippen LogP contribution in [0.25, 0.3) is 0 Å². The summed E-state index contributed by atoms with van der Waals surface area (Å²) in [6, 6.07) is 5.59. The largest absolute Gasteiger partial charge is 0.490 e. The molecule has 2 aromatic heterocycles. The van der Waals surface area contributed by atoms with Crippen molar-refractivity contribution in [1.29, 1.82) is 0 Å². The summed E-state index contributed by atoms with van der Waals surface area (Å²) in [6.45, 7) is 3.01. The van der Waals surface area contributed by atoms with Crippen LogP contribution >= 0.6 is 0 Å². The molecule has 3 rings (SSSR count). The minimum absolute atomic E-state index is 0.000186. The molecule has 0 spiro atoms. The van der Waals surface area contributed by atoms with E-state index in [1.54, 1.807) is 31.9 Å². The molecular weight excluding hydrogens is 318 g/mol. The maximum absolute atomic E-state index is 12.8. The van der Waals surface area contributed by atoms with Gasteiger partial charge in [0.2, 0.25) is 5.91 Å². The molecule has 0 saturated carbocycles. The number of nitrogens with zero attached hydrogens (tertiary/aromatic N) is 3. The van der Waals surface area contributed by atoms with E-state index in [0.717, 1.165) is 17.5 Å².